The quantitative estimate of drug-likeness (QED) is 0.586. The minimum atomic E-state index is -0.0996. The first-order valence-electron chi connectivity index (χ1n) is 10.9. The molecular formula is C24H31B2N3. The van der Waals surface area contributed by atoms with Crippen molar-refractivity contribution in [3.8, 4) is 22.5 Å². The molecule has 1 aromatic heterocycles. The SMILES string of the molecule is CBC(C)(C)C1Cc2ccccc2-c2nnn(C(C)(C)BC)c2-c2ccccc21. The number of nitrogens with zero attached hydrogens (tertiary/aromatic N) is 3. The van der Waals surface area contributed by atoms with Crippen molar-refractivity contribution >= 4 is 14.6 Å². The number of hydrogen-bond acceptors (Lipinski definition) is 2. The highest BCUT2D eigenvalue weighted by Crippen LogP contribution is 2.50. The third kappa shape index (κ3) is 3.25. The van der Waals surface area contributed by atoms with E-state index in [1.165, 1.54) is 22.3 Å². The number of aromatic nitrogens is 3. The third-order valence-corrected chi connectivity index (χ3v) is 7.25. The van der Waals surface area contributed by atoms with Crippen molar-refractivity contribution in [1.29, 1.82) is 0 Å². The second kappa shape index (κ2) is 7.19. The average Bonchev–Trinajstić information content (AvgIpc) is 3.16. The fourth-order valence-corrected chi connectivity index (χ4v) is 4.50. The molecular weight excluding hydrogens is 352 g/mol. The summed E-state index contributed by atoms with van der Waals surface area (Å²) in [5, 5.41) is 9.62. The Labute approximate surface area is 176 Å². The molecule has 1 aliphatic carbocycles. The third-order valence-electron chi connectivity index (χ3n) is 7.25. The smallest absolute Gasteiger partial charge is 0.152 e. The minimum absolute atomic E-state index is 0.0996. The van der Waals surface area contributed by atoms with Crippen LogP contribution in [-0.2, 0) is 11.9 Å². The van der Waals surface area contributed by atoms with Gasteiger partial charge in [0.15, 0.2) is 7.28 Å². The van der Waals surface area contributed by atoms with Gasteiger partial charge in [0.1, 0.15) is 13.0 Å². The van der Waals surface area contributed by atoms with E-state index >= 15 is 0 Å². The zero-order valence-electron chi connectivity index (χ0n) is 18.7. The lowest BCUT2D eigenvalue weighted by atomic mass is 9.48. The van der Waals surface area contributed by atoms with E-state index in [0.29, 0.717) is 5.92 Å². The summed E-state index contributed by atoms with van der Waals surface area (Å²) < 4.78 is 2.17. The monoisotopic (exact) mass is 383 g/mol. The average molecular weight is 383 g/mol. The Morgan fingerprint density at radius 2 is 1.55 bits per heavy atom. The van der Waals surface area contributed by atoms with Gasteiger partial charge in [0.05, 0.1) is 5.69 Å². The molecule has 0 saturated heterocycles. The lowest BCUT2D eigenvalue weighted by molar-refractivity contribution is 0.449. The van der Waals surface area contributed by atoms with Gasteiger partial charge < -0.3 is 0 Å². The van der Waals surface area contributed by atoms with Crippen LogP contribution >= 0.6 is 0 Å². The molecule has 29 heavy (non-hydrogen) atoms. The summed E-state index contributed by atoms with van der Waals surface area (Å²) >= 11 is 0. The molecule has 148 valence electrons. The first kappa shape index (κ1) is 20.0. The van der Waals surface area contributed by atoms with Gasteiger partial charge in [0.25, 0.3) is 0 Å². The molecule has 0 N–H and O–H groups in total. The van der Waals surface area contributed by atoms with E-state index in [9.17, 15) is 0 Å². The summed E-state index contributed by atoms with van der Waals surface area (Å²) in [6.07, 6.45) is 1.03. The molecule has 3 aromatic rings. The maximum Gasteiger partial charge on any atom is 0.152 e. The van der Waals surface area contributed by atoms with Gasteiger partial charge in [-0.05, 0) is 37.3 Å². The Balaban J connectivity index is 2.10. The zero-order chi connectivity index (χ0) is 20.8. The highest BCUT2D eigenvalue weighted by molar-refractivity contribution is 6.38. The molecule has 0 aliphatic heterocycles. The van der Waals surface area contributed by atoms with E-state index in [2.05, 4.69) is 94.6 Å². The second-order valence-corrected chi connectivity index (χ2v) is 9.71. The summed E-state index contributed by atoms with van der Waals surface area (Å²) in [5.74, 6) is 0.436. The molecule has 0 amide bonds. The van der Waals surface area contributed by atoms with Gasteiger partial charge >= 0.3 is 0 Å². The van der Waals surface area contributed by atoms with E-state index in [4.69, 9.17) is 10.3 Å². The highest BCUT2D eigenvalue weighted by Gasteiger charge is 2.37. The summed E-state index contributed by atoms with van der Waals surface area (Å²) in [4.78, 5) is 0. The molecule has 1 unspecified atom stereocenters. The standard InChI is InChI=1S/C24H31B2N3/c1-23(2,25-5)20-15-16-11-7-8-12-17(16)21-22(19-14-10-9-13-18(19)20)29(28-27-21)24(3,4)26-6/h7-14,20,25-26H,15H2,1-6H3. The van der Waals surface area contributed by atoms with Crippen molar-refractivity contribution in [2.45, 2.75) is 64.4 Å². The number of rotatable bonds is 4. The van der Waals surface area contributed by atoms with Gasteiger partial charge in [-0.3, -0.25) is 0 Å². The van der Waals surface area contributed by atoms with Crippen LogP contribution in [0.2, 0.25) is 19.0 Å². The number of hydrogen-bond donors (Lipinski definition) is 0. The molecule has 2 aromatic carbocycles. The Morgan fingerprint density at radius 1 is 0.897 bits per heavy atom. The second-order valence-electron chi connectivity index (χ2n) is 9.71. The van der Waals surface area contributed by atoms with Crippen LogP contribution < -0.4 is 0 Å². The van der Waals surface area contributed by atoms with Crippen LogP contribution in [0.1, 0.15) is 44.7 Å². The molecule has 0 spiro atoms. The van der Waals surface area contributed by atoms with E-state index in [1.54, 1.807) is 0 Å². The van der Waals surface area contributed by atoms with Crippen LogP contribution in [0.15, 0.2) is 48.5 Å². The summed E-state index contributed by atoms with van der Waals surface area (Å²) in [6.45, 7) is 13.9. The lowest BCUT2D eigenvalue weighted by Gasteiger charge is -2.37. The fraction of sp³-hybridized carbons (Fsp3) is 0.417. The van der Waals surface area contributed by atoms with E-state index < -0.39 is 0 Å². The molecule has 0 bridgehead atoms. The van der Waals surface area contributed by atoms with Crippen molar-refractivity contribution in [2.24, 2.45) is 0 Å². The molecule has 1 aliphatic rings. The maximum absolute atomic E-state index is 4.73. The number of fused-ring (bicyclic) bond motifs is 5. The Kier molecular flexibility index (Phi) is 4.96. The largest absolute Gasteiger partial charge is 0.247 e. The predicted octanol–water partition coefficient (Wildman–Crippen LogP) is 5.11. The predicted molar refractivity (Wildman–Crippen MR) is 127 cm³/mol. The Morgan fingerprint density at radius 3 is 2.24 bits per heavy atom. The van der Waals surface area contributed by atoms with Crippen LogP contribution in [0.25, 0.3) is 22.5 Å². The van der Waals surface area contributed by atoms with Crippen molar-refractivity contribution in [3.05, 3.63) is 59.7 Å². The van der Waals surface area contributed by atoms with Crippen LogP contribution in [0, 0.1) is 0 Å². The Bertz CT molecular complexity index is 1040. The van der Waals surface area contributed by atoms with Gasteiger partial charge in [-0.15, -0.1) is 5.10 Å². The fourth-order valence-electron chi connectivity index (χ4n) is 4.50. The molecule has 0 radical (unpaired) electrons. The van der Waals surface area contributed by atoms with Crippen LogP contribution in [0.5, 0.6) is 0 Å². The van der Waals surface area contributed by atoms with Crippen LogP contribution in [-0.4, -0.2) is 29.6 Å². The molecule has 1 atom stereocenters. The lowest BCUT2D eigenvalue weighted by Crippen LogP contribution is -2.34. The van der Waals surface area contributed by atoms with Gasteiger partial charge in [-0.1, -0.05) is 86.6 Å². The molecule has 5 heteroatoms. The van der Waals surface area contributed by atoms with Crippen molar-refractivity contribution in [2.75, 3.05) is 0 Å². The van der Waals surface area contributed by atoms with Crippen molar-refractivity contribution in [1.82, 2.24) is 15.0 Å². The first-order chi connectivity index (χ1) is 13.8. The molecule has 3 nitrogen and oxygen atoms in total. The summed E-state index contributed by atoms with van der Waals surface area (Å²) in [6, 6.07) is 17.7. The van der Waals surface area contributed by atoms with Gasteiger partial charge in [-0.25, -0.2) is 4.68 Å². The zero-order valence-corrected chi connectivity index (χ0v) is 18.7. The van der Waals surface area contributed by atoms with E-state index in [1.807, 2.05) is 0 Å². The van der Waals surface area contributed by atoms with Gasteiger partial charge in [0.2, 0.25) is 0 Å². The van der Waals surface area contributed by atoms with Gasteiger partial charge in [-0.2, -0.15) is 0 Å². The molecule has 0 fully saturated rings. The molecule has 4 rings (SSSR count). The van der Waals surface area contributed by atoms with E-state index in [0.717, 1.165) is 32.4 Å². The maximum atomic E-state index is 4.73. The van der Waals surface area contributed by atoms with Gasteiger partial charge in [0, 0.05) is 16.6 Å². The first-order valence-corrected chi connectivity index (χ1v) is 10.9. The Hall–Kier alpha value is -2.29. The minimum Gasteiger partial charge on any atom is -0.247 e. The molecule has 0 saturated carbocycles. The topological polar surface area (TPSA) is 30.7 Å². The van der Waals surface area contributed by atoms with E-state index in [-0.39, 0.29) is 10.8 Å². The van der Waals surface area contributed by atoms with Crippen LogP contribution in [0.4, 0.5) is 0 Å². The number of benzene rings is 2. The molecule has 1 heterocycles. The van der Waals surface area contributed by atoms with Crippen molar-refractivity contribution < 1.29 is 0 Å². The summed E-state index contributed by atoms with van der Waals surface area (Å²) in [7, 11) is 2.13. The summed E-state index contributed by atoms with van der Waals surface area (Å²) in [5.41, 5.74) is 7.39. The highest BCUT2D eigenvalue weighted by atomic mass is 15.5. The van der Waals surface area contributed by atoms with Crippen LogP contribution in [0.3, 0.4) is 0 Å². The van der Waals surface area contributed by atoms with Crippen molar-refractivity contribution in [3.63, 3.8) is 0 Å². The normalized spacial score (nSPS) is 16.1.